The molecule has 0 radical (unpaired) electrons. The fourth-order valence-electron chi connectivity index (χ4n) is 2.36. The molecular weight excluding hydrogens is 268 g/mol. The zero-order chi connectivity index (χ0) is 15.0. The average Bonchev–Trinajstić information content (AvgIpc) is 2.81. The quantitative estimate of drug-likeness (QED) is 0.740. The van der Waals surface area contributed by atoms with Crippen molar-refractivity contribution < 1.29 is 4.79 Å². The summed E-state index contributed by atoms with van der Waals surface area (Å²) >= 11 is 0. The molecule has 1 N–H and O–H groups in total. The summed E-state index contributed by atoms with van der Waals surface area (Å²) in [5, 5.41) is 8.26. The van der Waals surface area contributed by atoms with E-state index in [4.69, 9.17) is 0 Å². The summed E-state index contributed by atoms with van der Waals surface area (Å²) in [7, 11) is 0. The molecular formula is C15H14N4O2. The number of H-pyrrole nitrogens is 1. The molecule has 0 fully saturated rings. The smallest absolute Gasteiger partial charge is 0.278 e. The van der Waals surface area contributed by atoms with Gasteiger partial charge in [0.2, 0.25) is 0 Å². The number of benzene rings is 1. The van der Waals surface area contributed by atoms with Gasteiger partial charge in [-0.15, -0.1) is 5.10 Å². The Balaban J connectivity index is 1.99. The third-order valence-corrected chi connectivity index (χ3v) is 3.37. The predicted molar refractivity (Wildman–Crippen MR) is 78.4 cm³/mol. The molecule has 0 amide bonds. The van der Waals surface area contributed by atoms with Gasteiger partial charge in [0.05, 0.1) is 5.39 Å². The second kappa shape index (κ2) is 4.97. The van der Waals surface area contributed by atoms with Crippen molar-refractivity contribution in [1.82, 2.24) is 20.0 Å². The van der Waals surface area contributed by atoms with Crippen molar-refractivity contribution in [2.75, 3.05) is 0 Å². The summed E-state index contributed by atoms with van der Waals surface area (Å²) in [4.78, 5) is 27.6. The van der Waals surface area contributed by atoms with Crippen LogP contribution < -0.4 is 5.56 Å². The van der Waals surface area contributed by atoms with Crippen LogP contribution in [0, 0.1) is 13.8 Å². The van der Waals surface area contributed by atoms with Gasteiger partial charge in [-0.3, -0.25) is 9.59 Å². The summed E-state index contributed by atoms with van der Waals surface area (Å²) in [5.41, 5.74) is 2.50. The van der Waals surface area contributed by atoms with Crippen molar-refractivity contribution in [3.8, 4) is 0 Å². The van der Waals surface area contributed by atoms with Crippen molar-refractivity contribution >= 4 is 16.7 Å². The van der Waals surface area contributed by atoms with Crippen LogP contribution in [-0.4, -0.2) is 25.8 Å². The second-order valence-corrected chi connectivity index (χ2v) is 4.98. The zero-order valence-electron chi connectivity index (χ0n) is 11.8. The zero-order valence-corrected chi connectivity index (χ0v) is 11.8. The molecule has 0 aliphatic rings. The lowest BCUT2D eigenvalue weighted by Crippen LogP contribution is -2.28. The lowest BCUT2D eigenvalue weighted by atomic mass is 10.1. The Morgan fingerprint density at radius 3 is 2.76 bits per heavy atom. The van der Waals surface area contributed by atoms with E-state index in [2.05, 4.69) is 15.3 Å². The van der Waals surface area contributed by atoms with E-state index in [0.717, 1.165) is 16.1 Å². The van der Waals surface area contributed by atoms with Crippen LogP contribution in [0.1, 0.15) is 21.7 Å². The molecule has 0 saturated carbocycles. The summed E-state index contributed by atoms with van der Waals surface area (Å²) in [5.74, 6) is -0.163. The van der Waals surface area contributed by atoms with Crippen LogP contribution in [0.25, 0.3) is 10.9 Å². The van der Waals surface area contributed by atoms with Gasteiger partial charge >= 0.3 is 0 Å². The highest BCUT2D eigenvalue weighted by molar-refractivity contribution is 5.97. The van der Waals surface area contributed by atoms with Crippen LogP contribution in [0.2, 0.25) is 0 Å². The van der Waals surface area contributed by atoms with Gasteiger partial charge in [0, 0.05) is 17.0 Å². The van der Waals surface area contributed by atoms with Crippen LogP contribution in [0.15, 0.2) is 35.1 Å². The first-order chi connectivity index (χ1) is 10.1. The molecule has 0 bridgehead atoms. The van der Waals surface area contributed by atoms with Crippen LogP contribution in [0.3, 0.4) is 0 Å². The number of hydrogen-bond acceptors (Lipinski definition) is 4. The number of carbonyl (C=O) groups excluding carboxylic acids is 1. The highest BCUT2D eigenvalue weighted by Crippen LogP contribution is 2.11. The van der Waals surface area contributed by atoms with E-state index in [1.165, 1.54) is 0 Å². The number of nitrogens with one attached hydrogen (secondary N) is 1. The number of Topliss-reactive ketones (excluding diaryl/α,β-unsaturated/α-hetero) is 1. The number of rotatable bonds is 3. The van der Waals surface area contributed by atoms with E-state index >= 15 is 0 Å². The van der Waals surface area contributed by atoms with Gasteiger partial charge in [-0.25, -0.2) is 4.68 Å². The maximum Gasteiger partial charge on any atom is 0.278 e. The number of aryl methyl sites for hydroxylation is 2. The van der Waals surface area contributed by atoms with Crippen molar-refractivity contribution in [3.05, 3.63) is 57.6 Å². The molecule has 0 aliphatic carbocycles. The van der Waals surface area contributed by atoms with E-state index < -0.39 is 0 Å². The highest BCUT2D eigenvalue weighted by Gasteiger charge is 2.14. The van der Waals surface area contributed by atoms with Crippen molar-refractivity contribution in [2.45, 2.75) is 20.4 Å². The lowest BCUT2D eigenvalue weighted by molar-refractivity contribution is 0.0964. The first kappa shape index (κ1) is 13.2. The molecule has 21 heavy (non-hydrogen) atoms. The van der Waals surface area contributed by atoms with E-state index in [0.29, 0.717) is 16.5 Å². The molecule has 106 valence electrons. The molecule has 2 aromatic heterocycles. The topological polar surface area (TPSA) is 80.6 Å². The normalized spacial score (nSPS) is 11.0. The predicted octanol–water partition coefficient (Wildman–Crippen LogP) is 1.62. The van der Waals surface area contributed by atoms with Gasteiger partial charge in [-0.2, -0.15) is 0 Å². The minimum absolute atomic E-state index is 0.116. The first-order valence-electron chi connectivity index (χ1n) is 6.58. The third kappa shape index (κ3) is 2.35. The van der Waals surface area contributed by atoms with Gasteiger partial charge in [-0.1, -0.05) is 17.3 Å². The fourth-order valence-corrected chi connectivity index (χ4v) is 2.36. The van der Waals surface area contributed by atoms with Gasteiger partial charge in [0.1, 0.15) is 12.1 Å². The standard InChI is InChI=1S/C15H14N4O2/c1-9-7-12(10(2)16-9)14(20)8-19-15(21)11-5-3-4-6-13(11)17-18-19/h3-7,16H,8H2,1-2H3. The minimum atomic E-state index is -0.307. The molecule has 3 aromatic rings. The molecule has 0 atom stereocenters. The number of hydrogen-bond donors (Lipinski definition) is 1. The van der Waals surface area contributed by atoms with Gasteiger partial charge in [0.25, 0.3) is 5.56 Å². The Morgan fingerprint density at radius 1 is 1.29 bits per heavy atom. The summed E-state index contributed by atoms with van der Waals surface area (Å²) in [6.45, 7) is 3.59. The van der Waals surface area contributed by atoms with Crippen LogP contribution in [0.4, 0.5) is 0 Å². The van der Waals surface area contributed by atoms with Crippen LogP contribution in [-0.2, 0) is 6.54 Å². The van der Waals surface area contributed by atoms with Crippen LogP contribution >= 0.6 is 0 Å². The first-order valence-corrected chi connectivity index (χ1v) is 6.58. The largest absolute Gasteiger partial charge is 0.362 e. The van der Waals surface area contributed by atoms with E-state index in [-0.39, 0.29) is 17.9 Å². The Bertz CT molecular complexity index is 892. The molecule has 0 saturated heterocycles. The molecule has 2 heterocycles. The van der Waals surface area contributed by atoms with Crippen LogP contribution in [0.5, 0.6) is 0 Å². The number of fused-ring (bicyclic) bond motifs is 1. The molecule has 3 rings (SSSR count). The highest BCUT2D eigenvalue weighted by atomic mass is 16.1. The van der Waals surface area contributed by atoms with Crippen molar-refractivity contribution in [3.63, 3.8) is 0 Å². The molecule has 6 heteroatoms. The summed E-state index contributed by atoms with van der Waals surface area (Å²) in [6, 6.07) is 8.72. The Kier molecular flexibility index (Phi) is 3.13. The SMILES string of the molecule is Cc1cc(C(=O)Cn2nnc3ccccc3c2=O)c(C)[nH]1. The van der Waals surface area contributed by atoms with Crippen molar-refractivity contribution in [2.24, 2.45) is 0 Å². The number of aromatic nitrogens is 4. The Labute approximate surface area is 120 Å². The Hall–Kier alpha value is -2.76. The summed E-state index contributed by atoms with van der Waals surface area (Å²) < 4.78 is 1.10. The second-order valence-electron chi connectivity index (χ2n) is 4.98. The fraction of sp³-hybridized carbons (Fsp3) is 0.200. The van der Waals surface area contributed by atoms with Gasteiger partial charge in [0.15, 0.2) is 5.78 Å². The van der Waals surface area contributed by atoms with Gasteiger partial charge < -0.3 is 4.98 Å². The monoisotopic (exact) mass is 282 g/mol. The van der Waals surface area contributed by atoms with E-state index in [1.54, 1.807) is 30.3 Å². The molecule has 0 unspecified atom stereocenters. The third-order valence-electron chi connectivity index (χ3n) is 3.37. The minimum Gasteiger partial charge on any atom is -0.362 e. The number of ketones is 1. The molecule has 1 aromatic carbocycles. The Morgan fingerprint density at radius 2 is 2.05 bits per heavy atom. The number of nitrogens with zero attached hydrogens (tertiary/aromatic N) is 3. The molecule has 6 nitrogen and oxygen atoms in total. The van der Waals surface area contributed by atoms with E-state index in [9.17, 15) is 9.59 Å². The molecule has 0 spiro atoms. The van der Waals surface area contributed by atoms with Gasteiger partial charge in [-0.05, 0) is 32.0 Å². The van der Waals surface area contributed by atoms with E-state index in [1.807, 2.05) is 13.8 Å². The maximum absolute atomic E-state index is 12.3. The maximum atomic E-state index is 12.3. The summed E-state index contributed by atoms with van der Waals surface area (Å²) in [6.07, 6.45) is 0. The van der Waals surface area contributed by atoms with Crippen molar-refractivity contribution in [1.29, 1.82) is 0 Å². The number of aromatic amines is 1. The lowest BCUT2D eigenvalue weighted by Gasteiger charge is -2.04. The molecule has 0 aliphatic heterocycles. The average molecular weight is 282 g/mol. The number of carbonyl (C=O) groups is 1.